The van der Waals surface area contributed by atoms with Crippen molar-refractivity contribution in [3.05, 3.63) is 47.0 Å². The van der Waals surface area contributed by atoms with Crippen LogP contribution in [-0.4, -0.2) is 67.1 Å². The summed E-state index contributed by atoms with van der Waals surface area (Å²) in [6, 6.07) is 7.71. The van der Waals surface area contributed by atoms with E-state index in [1.54, 1.807) is 0 Å². The maximum Gasteiger partial charge on any atom is 0.348 e. The highest BCUT2D eigenvalue weighted by atomic mass is 35.5. The summed E-state index contributed by atoms with van der Waals surface area (Å²) in [4.78, 5) is 35.7. The molecule has 2 aromatic heterocycles. The van der Waals surface area contributed by atoms with Crippen molar-refractivity contribution in [2.45, 2.75) is 30.8 Å². The van der Waals surface area contributed by atoms with Gasteiger partial charge in [0.1, 0.15) is 5.52 Å². The van der Waals surface area contributed by atoms with E-state index in [0.29, 0.717) is 0 Å². The van der Waals surface area contributed by atoms with Crippen molar-refractivity contribution in [1.82, 2.24) is 19.5 Å². The zero-order valence-corrected chi connectivity index (χ0v) is 19.0. The van der Waals surface area contributed by atoms with Gasteiger partial charge in [-0.2, -0.15) is 15.2 Å². The second kappa shape index (κ2) is 10.6. The van der Waals surface area contributed by atoms with Gasteiger partial charge in [-0.1, -0.05) is 12.1 Å². The van der Waals surface area contributed by atoms with Crippen LogP contribution >= 0.6 is 11.6 Å². The molecule has 3 rings (SSSR count). The number of carboxylic acids is 2. The average Bonchev–Trinajstić information content (AvgIpc) is 3.24. The molecule has 4 N–H and O–H groups in total. The number of aromatic nitrogens is 4. The third-order valence-corrected chi connectivity index (χ3v) is 5.40. The fourth-order valence-electron chi connectivity index (χ4n) is 3.37. The van der Waals surface area contributed by atoms with Crippen molar-refractivity contribution in [2.75, 3.05) is 19.5 Å². The van der Waals surface area contributed by atoms with E-state index in [0.717, 1.165) is 10.9 Å². The van der Waals surface area contributed by atoms with Gasteiger partial charge in [-0.25, -0.2) is 19.0 Å². The molecule has 0 radical (unpaired) electrons. The van der Waals surface area contributed by atoms with Crippen molar-refractivity contribution in [1.29, 1.82) is 5.26 Å². The van der Waals surface area contributed by atoms with Crippen LogP contribution in [0.3, 0.4) is 0 Å². The van der Waals surface area contributed by atoms with Gasteiger partial charge in [0.05, 0.1) is 30.7 Å². The van der Waals surface area contributed by atoms with Crippen molar-refractivity contribution in [2.24, 2.45) is 0 Å². The monoisotopic (exact) mass is 506 g/mol. The Bertz CT molecular complexity index is 1280. The molecule has 0 bridgehead atoms. The average molecular weight is 507 g/mol. The van der Waals surface area contributed by atoms with Crippen molar-refractivity contribution in [3.63, 3.8) is 0 Å². The van der Waals surface area contributed by atoms with Crippen molar-refractivity contribution in [3.8, 4) is 6.07 Å². The largest absolute Gasteiger partial charge is 0.479 e. The summed E-state index contributed by atoms with van der Waals surface area (Å²) in [6.07, 6.45) is -2.65. The minimum atomic E-state index is -2.70. The van der Waals surface area contributed by atoms with Crippen LogP contribution in [-0.2, 0) is 25.5 Å². The molecule has 2 unspecified atom stereocenters. The van der Waals surface area contributed by atoms with Gasteiger partial charge in [0.2, 0.25) is 5.28 Å². The topological polar surface area (TPSA) is 186 Å². The molecule has 0 aliphatic heterocycles. The van der Waals surface area contributed by atoms with Crippen LogP contribution in [0.25, 0.3) is 11.2 Å². The molecule has 0 saturated carbocycles. The number of rotatable bonds is 11. The van der Waals surface area contributed by atoms with Gasteiger partial charge in [0.25, 0.3) is 5.60 Å². The number of imidazole rings is 1. The fraction of sp³-hybridized carbons (Fsp3) is 0.333. The Kier molecular flexibility index (Phi) is 7.80. The van der Waals surface area contributed by atoms with Gasteiger partial charge in [-0.05, 0) is 29.3 Å². The second-order valence-electron chi connectivity index (χ2n) is 7.47. The van der Waals surface area contributed by atoms with E-state index in [2.05, 4.69) is 15.0 Å². The smallest absolute Gasteiger partial charge is 0.348 e. The molecule has 12 nitrogen and oxygen atoms in total. The Morgan fingerprint density at radius 3 is 2.69 bits per heavy atom. The van der Waals surface area contributed by atoms with E-state index in [4.69, 9.17) is 32.1 Å². The number of nitrogen functional groups attached to an aromatic ring is 1. The quantitative estimate of drug-likeness (QED) is 0.255. The predicted octanol–water partition coefficient (Wildman–Crippen LogP) is 1.97. The van der Waals surface area contributed by atoms with Gasteiger partial charge in [-0.15, -0.1) is 0 Å². The number of nitrogens with zero attached hydrogens (tertiary/aromatic N) is 5. The van der Waals surface area contributed by atoms with E-state index >= 15 is 4.39 Å². The molecule has 14 heteroatoms. The first-order valence-corrected chi connectivity index (χ1v) is 10.4. The van der Waals surface area contributed by atoms with Crippen LogP contribution < -0.4 is 5.73 Å². The lowest BCUT2D eigenvalue weighted by atomic mass is 9.93. The molecule has 0 aliphatic carbocycles. The number of ether oxygens (including phenoxy) is 2. The van der Waals surface area contributed by atoms with Crippen LogP contribution in [0.4, 0.5) is 10.2 Å². The van der Waals surface area contributed by atoms with Crippen molar-refractivity contribution >= 4 is 40.5 Å². The zero-order valence-electron chi connectivity index (χ0n) is 18.3. The minimum Gasteiger partial charge on any atom is -0.479 e. The molecular weight excluding hydrogens is 487 g/mol. The first-order valence-electron chi connectivity index (χ1n) is 10.0. The molecule has 2 atom stereocenters. The SMILES string of the molecule is COC(COC(Cc1cccc(C#N)c1)(C(=O)O)C(=O)O)CC(F)n1cnc2c(N)nc(Cl)nc21. The van der Waals surface area contributed by atoms with Crippen LogP contribution in [0.1, 0.15) is 23.8 Å². The molecule has 0 spiro atoms. The molecule has 35 heavy (non-hydrogen) atoms. The number of nitriles is 1. The third-order valence-electron chi connectivity index (χ3n) is 5.23. The normalized spacial score (nSPS) is 13.3. The third kappa shape index (κ3) is 5.46. The van der Waals surface area contributed by atoms with E-state index in [9.17, 15) is 19.8 Å². The number of anilines is 1. The number of fused-ring (bicyclic) bond motifs is 1. The molecular formula is C21H20ClFN6O6. The second-order valence-corrected chi connectivity index (χ2v) is 7.81. The van der Waals surface area contributed by atoms with Gasteiger partial charge in [0.15, 0.2) is 17.8 Å². The standard InChI is InChI=1S/C21H20ClFN6O6/c1-34-13(6-14(23)29-10-26-15-16(25)27-20(22)28-17(15)29)9-35-21(18(30)31,19(32)33)7-11-3-2-4-12(5-11)8-24/h2-5,10,13-14H,6-7,9H2,1H3,(H,30,31)(H,32,33)(H2,25,27,28). The Labute approximate surface area is 202 Å². The number of carbonyl (C=O) groups is 2. The molecule has 3 aromatic rings. The number of methoxy groups -OCH3 is 1. The summed E-state index contributed by atoms with van der Waals surface area (Å²) in [6.45, 7) is -0.571. The minimum absolute atomic E-state index is 0.0357. The van der Waals surface area contributed by atoms with E-state index in [-0.39, 0.29) is 39.8 Å². The van der Waals surface area contributed by atoms with E-state index in [1.807, 2.05) is 6.07 Å². The van der Waals surface area contributed by atoms with Crippen LogP contribution in [0, 0.1) is 11.3 Å². The number of alkyl halides is 1. The maximum absolute atomic E-state index is 15.1. The molecule has 0 saturated heterocycles. The number of halogens is 2. The van der Waals surface area contributed by atoms with Crippen LogP contribution in [0.2, 0.25) is 5.28 Å². The van der Waals surface area contributed by atoms with Crippen LogP contribution in [0.15, 0.2) is 30.6 Å². The lowest BCUT2D eigenvalue weighted by Gasteiger charge is -2.28. The first kappa shape index (κ1) is 25.8. The summed E-state index contributed by atoms with van der Waals surface area (Å²) in [7, 11) is 1.24. The highest BCUT2D eigenvalue weighted by molar-refractivity contribution is 6.28. The number of aliphatic carboxylic acids is 2. The van der Waals surface area contributed by atoms with Crippen LogP contribution in [0.5, 0.6) is 0 Å². The number of hydrogen-bond acceptors (Lipinski definition) is 9. The van der Waals surface area contributed by atoms with Gasteiger partial charge >= 0.3 is 11.9 Å². The number of nitrogens with two attached hydrogens (primary N) is 1. The highest BCUT2D eigenvalue weighted by Gasteiger charge is 2.49. The summed E-state index contributed by atoms with van der Waals surface area (Å²) in [5.74, 6) is -3.56. The van der Waals surface area contributed by atoms with Gasteiger partial charge in [0, 0.05) is 20.0 Å². The Hall–Kier alpha value is -3.86. The zero-order chi connectivity index (χ0) is 25.8. The number of carboxylic acid groups (broad SMARTS) is 2. The Balaban J connectivity index is 1.80. The van der Waals surface area contributed by atoms with Gasteiger partial charge < -0.3 is 25.4 Å². The molecule has 2 heterocycles. The number of benzene rings is 1. The highest BCUT2D eigenvalue weighted by Crippen LogP contribution is 2.27. The number of hydrogen-bond donors (Lipinski definition) is 3. The van der Waals surface area contributed by atoms with Gasteiger partial charge in [-0.3, -0.25) is 4.57 Å². The summed E-state index contributed by atoms with van der Waals surface area (Å²) in [5, 5.41) is 28.3. The van der Waals surface area contributed by atoms with E-state index in [1.165, 1.54) is 31.4 Å². The fourth-order valence-corrected chi connectivity index (χ4v) is 3.54. The molecule has 0 amide bonds. The summed E-state index contributed by atoms with van der Waals surface area (Å²) >= 11 is 5.80. The van der Waals surface area contributed by atoms with Crippen molar-refractivity contribution < 1.29 is 33.7 Å². The Morgan fingerprint density at radius 2 is 2.06 bits per heavy atom. The maximum atomic E-state index is 15.1. The van der Waals surface area contributed by atoms with E-state index < -0.39 is 43.0 Å². The molecule has 0 fully saturated rings. The predicted molar refractivity (Wildman–Crippen MR) is 119 cm³/mol. The Morgan fingerprint density at radius 1 is 1.34 bits per heavy atom. The molecule has 0 aliphatic rings. The lowest BCUT2D eigenvalue weighted by Crippen LogP contribution is -2.52. The molecule has 184 valence electrons. The summed E-state index contributed by atoms with van der Waals surface area (Å²) < 4.78 is 26.8. The molecule has 1 aromatic carbocycles. The summed E-state index contributed by atoms with van der Waals surface area (Å²) in [5.41, 5.74) is 3.67. The first-order chi connectivity index (χ1) is 16.6. The lowest BCUT2D eigenvalue weighted by molar-refractivity contribution is -0.188.